The third-order valence-corrected chi connectivity index (χ3v) is 4.54. The zero-order valence-electron chi connectivity index (χ0n) is 13.8. The molecular weight excluding hydrogens is 452 g/mol. The lowest BCUT2D eigenvalue weighted by atomic mass is 10.2. The van der Waals surface area contributed by atoms with Gasteiger partial charge in [-0.3, -0.25) is 14.5 Å². The van der Waals surface area contributed by atoms with Gasteiger partial charge in [-0.15, -0.1) is 0 Å². The van der Waals surface area contributed by atoms with Crippen molar-refractivity contribution in [3.05, 3.63) is 51.5 Å². The lowest BCUT2D eigenvalue weighted by Crippen LogP contribution is -2.43. The van der Waals surface area contributed by atoms with Crippen molar-refractivity contribution in [2.75, 3.05) is 24.2 Å². The lowest BCUT2D eigenvalue weighted by Gasteiger charge is -2.23. The Bertz CT molecular complexity index is 735. The molecule has 1 heterocycles. The summed E-state index contributed by atoms with van der Waals surface area (Å²) in [5.74, 6) is 0.0496. The van der Waals surface area contributed by atoms with Crippen LogP contribution >= 0.6 is 31.9 Å². The van der Waals surface area contributed by atoms with Gasteiger partial charge in [-0.1, -0.05) is 15.9 Å². The average molecular weight is 470 g/mol. The van der Waals surface area contributed by atoms with Crippen molar-refractivity contribution in [3.63, 3.8) is 0 Å². The highest BCUT2D eigenvalue weighted by molar-refractivity contribution is 9.10. The Labute approximate surface area is 163 Å². The van der Waals surface area contributed by atoms with Gasteiger partial charge in [0.2, 0.25) is 11.8 Å². The number of halogens is 2. The Morgan fingerprint density at radius 1 is 1.08 bits per heavy atom. The molecule has 6 nitrogen and oxygen atoms in total. The third-order valence-electron chi connectivity index (χ3n) is 3.54. The van der Waals surface area contributed by atoms with E-state index in [9.17, 15) is 9.59 Å². The van der Waals surface area contributed by atoms with Gasteiger partial charge in [0.1, 0.15) is 5.82 Å². The van der Waals surface area contributed by atoms with Crippen molar-refractivity contribution in [1.29, 1.82) is 0 Å². The van der Waals surface area contributed by atoms with Crippen molar-refractivity contribution in [3.8, 4) is 0 Å². The fourth-order valence-corrected chi connectivity index (χ4v) is 2.47. The molecule has 1 atom stereocenters. The van der Waals surface area contributed by atoms with Crippen molar-refractivity contribution in [1.82, 2.24) is 9.88 Å². The minimum absolute atomic E-state index is 0.0761. The average Bonchev–Trinajstić information content (AvgIpc) is 2.58. The summed E-state index contributed by atoms with van der Waals surface area (Å²) in [7, 11) is 1.72. The monoisotopic (exact) mass is 468 g/mol. The maximum Gasteiger partial charge on any atom is 0.241 e. The van der Waals surface area contributed by atoms with E-state index in [1.54, 1.807) is 49.3 Å². The molecule has 0 spiro atoms. The summed E-state index contributed by atoms with van der Waals surface area (Å²) in [6.07, 6.45) is 1.60. The van der Waals surface area contributed by atoms with Gasteiger partial charge >= 0.3 is 0 Å². The lowest BCUT2D eigenvalue weighted by molar-refractivity contribution is -0.122. The molecule has 0 aliphatic carbocycles. The van der Waals surface area contributed by atoms with Crippen LogP contribution in [0.4, 0.5) is 11.5 Å². The van der Waals surface area contributed by atoms with E-state index < -0.39 is 6.04 Å². The molecule has 0 bridgehead atoms. The Morgan fingerprint density at radius 3 is 2.32 bits per heavy atom. The van der Waals surface area contributed by atoms with Crippen molar-refractivity contribution < 1.29 is 9.59 Å². The summed E-state index contributed by atoms with van der Waals surface area (Å²) in [6.45, 7) is 1.83. The fourth-order valence-electron chi connectivity index (χ4n) is 1.98. The SMILES string of the molecule is CC(C(=O)Nc1ccc(Br)cc1)N(C)CC(=O)Nc1ccc(Br)cn1. The number of likely N-dealkylation sites (N-methyl/N-ethyl adjacent to an activating group) is 1. The summed E-state index contributed by atoms with van der Waals surface area (Å²) in [5, 5.41) is 5.53. The predicted octanol–water partition coefficient (Wildman–Crippen LogP) is 3.50. The normalized spacial score (nSPS) is 11.9. The first-order valence-electron chi connectivity index (χ1n) is 7.53. The smallest absolute Gasteiger partial charge is 0.241 e. The quantitative estimate of drug-likeness (QED) is 0.678. The fraction of sp³-hybridized carbons (Fsp3) is 0.235. The number of carbonyl (C=O) groups is 2. The maximum absolute atomic E-state index is 12.3. The van der Waals surface area contributed by atoms with Crippen molar-refractivity contribution in [2.45, 2.75) is 13.0 Å². The molecule has 0 aliphatic heterocycles. The molecule has 1 aromatic heterocycles. The first-order chi connectivity index (χ1) is 11.8. The zero-order valence-corrected chi connectivity index (χ0v) is 17.0. The van der Waals surface area contributed by atoms with Gasteiger partial charge in [0, 0.05) is 20.8 Å². The Hall–Kier alpha value is -1.77. The third kappa shape index (κ3) is 6.22. The molecule has 2 N–H and O–H groups in total. The molecule has 1 aromatic carbocycles. The number of anilines is 2. The topological polar surface area (TPSA) is 74.3 Å². The van der Waals surface area contributed by atoms with Crippen LogP contribution in [-0.4, -0.2) is 41.3 Å². The van der Waals surface area contributed by atoms with E-state index in [1.807, 2.05) is 12.1 Å². The Balaban J connectivity index is 1.86. The molecule has 0 saturated carbocycles. The number of hydrogen-bond donors (Lipinski definition) is 2. The number of amides is 2. The van der Waals surface area contributed by atoms with Gasteiger partial charge in [0.25, 0.3) is 0 Å². The molecule has 1 unspecified atom stereocenters. The molecule has 8 heteroatoms. The van der Waals surface area contributed by atoms with Crippen LogP contribution in [0, 0.1) is 0 Å². The molecule has 2 aromatic rings. The van der Waals surface area contributed by atoms with E-state index in [0.29, 0.717) is 11.5 Å². The summed E-state index contributed by atoms with van der Waals surface area (Å²) >= 11 is 6.64. The largest absolute Gasteiger partial charge is 0.325 e. The number of benzene rings is 1. The van der Waals surface area contributed by atoms with E-state index in [-0.39, 0.29) is 18.4 Å². The molecule has 0 radical (unpaired) electrons. The highest BCUT2D eigenvalue weighted by Crippen LogP contribution is 2.15. The van der Waals surface area contributed by atoms with Gasteiger partial charge in [-0.05, 0) is 66.3 Å². The zero-order chi connectivity index (χ0) is 18.4. The molecule has 2 amide bonds. The van der Waals surface area contributed by atoms with E-state index in [0.717, 1.165) is 8.95 Å². The minimum Gasteiger partial charge on any atom is -0.325 e. The van der Waals surface area contributed by atoms with Gasteiger partial charge in [-0.25, -0.2) is 4.98 Å². The van der Waals surface area contributed by atoms with Crippen LogP contribution in [0.2, 0.25) is 0 Å². The van der Waals surface area contributed by atoms with Gasteiger partial charge in [-0.2, -0.15) is 0 Å². The van der Waals surface area contributed by atoms with Crippen molar-refractivity contribution >= 4 is 55.2 Å². The number of rotatable bonds is 6. The van der Waals surface area contributed by atoms with Crippen LogP contribution in [0.1, 0.15) is 6.92 Å². The maximum atomic E-state index is 12.3. The van der Waals surface area contributed by atoms with Crippen LogP contribution in [0.5, 0.6) is 0 Å². The van der Waals surface area contributed by atoms with E-state index in [2.05, 4.69) is 47.5 Å². The van der Waals surface area contributed by atoms with E-state index in [4.69, 9.17) is 0 Å². The summed E-state index contributed by atoms with van der Waals surface area (Å²) < 4.78 is 1.77. The van der Waals surface area contributed by atoms with Crippen LogP contribution in [0.25, 0.3) is 0 Å². The second kappa shape index (κ2) is 9.07. The number of nitrogens with one attached hydrogen (secondary N) is 2. The molecule has 0 fully saturated rings. The van der Waals surface area contributed by atoms with Crippen LogP contribution < -0.4 is 10.6 Å². The highest BCUT2D eigenvalue weighted by Gasteiger charge is 2.20. The summed E-state index contributed by atoms with van der Waals surface area (Å²) in [5.41, 5.74) is 0.706. The number of hydrogen-bond acceptors (Lipinski definition) is 4. The first kappa shape index (κ1) is 19.6. The second-order valence-corrected chi connectivity index (χ2v) is 7.33. The minimum atomic E-state index is -0.465. The predicted molar refractivity (Wildman–Crippen MR) is 105 cm³/mol. The molecule has 0 saturated heterocycles. The number of carbonyl (C=O) groups excluding carboxylic acids is 2. The Morgan fingerprint density at radius 2 is 1.72 bits per heavy atom. The highest BCUT2D eigenvalue weighted by atomic mass is 79.9. The molecule has 25 heavy (non-hydrogen) atoms. The van der Waals surface area contributed by atoms with Crippen molar-refractivity contribution in [2.24, 2.45) is 0 Å². The second-order valence-electron chi connectivity index (χ2n) is 5.50. The number of nitrogens with zero attached hydrogens (tertiary/aromatic N) is 2. The van der Waals surface area contributed by atoms with E-state index >= 15 is 0 Å². The Kier molecular flexibility index (Phi) is 7.10. The molecular formula is C17H18Br2N4O2. The number of pyridine rings is 1. The first-order valence-corrected chi connectivity index (χ1v) is 9.12. The van der Waals surface area contributed by atoms with Crippen LogP contribution in [0.15, 0.2) is 51.5 Å². The molecule has 132 valence electrons. The van der Waals surface area contributed by atoms with Crippen LogP contribution in [0.3, 0.4) is 0 Å². The van der Waals surface area contributed by atoms with Gasteiger partial charge in [0.05, 0.1) is 12.6 Å². The van der Waals surface area contributed by atoms with Crippen LogP contribution in [-0.2, 0) is 9.59 Å². The molecule has 0 aliphatic rings. The standard InChI is InChI=1S/C17H18Br2N4O2/c1-11(17(25)21-14-6-3-12(18)4-7-14)23(2)10-16(24)22-15-8-5-13(19)9-20-15/h3-9,11H,10H2,1-2H3,(H,21,25)(H,20,22,24). The van der Waals surface area contributed by atoms with E-state index in [1.165, 1.54) is 0 Å². The molecule has 2 rings (SSSR count). The summed E-state index contributed by atoms with van der Waals surface area (Å²) in [6, 6.07) is 10.3. The van der Waals surface area contributed by atoms with Gasteiger partial charge in [0.15, 0.2) is 0 Å². The summed E-state index contributed by atoms with van der Waals surface area (Å²) in [4.78, 5) is 30.1. The van der Waals surface area contributed by atoms with Gasteiger partial charge < -0.3 is 10.6 Å². The number of aromatic nitrogens is 1.